The Morgan fingerprint density at radius 3 is 2.67 bits per heavy atom. The standard InChI is InChI=1S/C14H20BrNO2/c1-5-6-10(2)16-9-11-7-12(15)14(18-4)13(8-11)17-3/h5,7-8,10,16H,1,6,9H2,2-4H3. The number of ether oxygens (including phenoxy) is 2. The van der Waals surface area contributed by atoms with E-state index in [1.54, 1.807) is 14.2 Å². The summed E-state index contributed by atoms with van der Waals surface area (Å²) in [5.74, 6) is 1.46. The Kier molecular flexibility index (Phi) is 6.22. The Hall–Kier alpha value is -1.00. The summed E-state index contributed by atoms with van der Waals surface area (Å²) in [4.78, 5) is 0. The van der Waals surface area contributed by atoms with Crippen molar-refractivity contribution in [3.63, 3.8) is 0 Å². The van der Waals surface area contributed by atoms with Crippen LogP contribution >= 0.6 is 15.9 Å². The minimum absolute atomic E-state index is 0.411. The predicted octanol–water partition coefficient (Wildman–Crippen LogP) is 3.52. The van der Waals surface area contributed by atoms with Crippen LogP contribution in [0.25, 0.3) is 0 Å². The Morgan fingerprint density at radius 1 is 1.39 bits per heavy atom. The highest BCUT2D eigenvalue weighted by Crippen LogP contribution is 2.36. The molecule has 1 unspecified atom stereocenters. The summed E-state index contributed by atoms with van der Waals surface area (Å²) in [7, 11) is 3.27. The predicted molar refractivity (Wildman–Crippen MR) is 78.4 cm³/mol. The molecule has 0 bridgehead atoms. The average molecular weight is 314 g/mol. The Morgan fingerprint density at radius 2 is 2.11 bits per heavy atom. The number of hydrogen-bond acceptors (Lipinski definition) is 3. The number of benzene rings is 1. The van der Waals surface area contributed by atoms with Gasteiger partial charge in [0.15, 0.2) is 11.5 Å². The van der Waals surface area contributed by atoms with E-state index in [1.165, 1.54) is 0 Å². The third-order valence-electron chi connectivity index (χ3n) is 2.67. The van der Waals surface area contributed by atoms with Gasteiger partial charge in [0.25, 0.3) is 0 Å². The molecule has 1 aromatic rings. The first-order valence-corrected chi connectivity index (χ1v) is 6.66. The lowest BCUT2D eigenvalue weighted by Gasteiger charge is -2.14. The third-order valence-corrected chi connectivity index (χ3v) is 3.26. The molecular weight excluding hydrogens is 294 g/mol. The zero-order chi connectivity index (χ0) is 13.5. The van der Waals surface area contributed by atoms with Crippen LogP contribution in [0.1, 0.15) is 18.9 Å². The summed E-state index contributed by atoms with van der Waals surface area (Å²) in [6, 6.07) is 4.43. The maximum Gasteiger partial charge on any atom is 0.174 e. The fourth-order valence-electron chi connectivity index (χ4n) is 1.70. The highest BCUT2D eigenvalue weighted by atomic mass is 79.9. The average Bonchev–Trinajstić information content (AvgIpc) is 2.36. The van der Waals surface area contributed by atoms with Crippen LogP contribution in [-0.4, -0.2) is 20.3 Å². The molecule has 0 saturated heterocycles. The molecular formula is C14H20BrNO2. The van der Waals surface area contributed by atoms with Crippen LogP contribution in [0.4, 0.5) is 0 Å². The van der Waals surface area contributed by atoms with Gasteiger partial charge in [0, 0.05) is 12.6 Å². The van der Waals surface area contributed by atoms with Crippen molar-refractivity contribution >= 4 is 15.9 Å². The van der Waals surface area contributed by atoms with Crippen molar-refractivity contribution in [3.05, 3.63) is 34.8 Å². The molecule has 0 aliphatic rings. The molecule has 3 nitrogen and oxygen atoms in total. The van der Waals surface area contributed by atoms with Crippen molar-refractivity contribution in [2.45, 2.75) is 25.9 Å². The van der Waals surface area contributed by atoms with Crippen molar-refractivity contribution in [1.82, 2.24) is 5.32 Å². The van der Waals surface area contributed by atoms with Gasteiger partial charge < -0.3 is 14.8 Å². The van der Waals surface area contributed by atoms with Crippen LogP contribution in [0.3, 0.4) is 0 Å². The zero-order valence-electron chi connectivity index (χ0n) is 11.1. The first kappa shape index (κ1) is 15.1. The number of halogens is 1. The lowest BCUT2D eigenvalue weighted by molar-refractivity contribution is 0.352. The van der Waals surface area contributed by atoms with Gasteiger partial charge in [-0.3, -0.25) is 0 Å². The van der Waals surface area contributed by atoms with E-state index in [0.29, 0.717) is 6.04 Å². The van der Waals surface area contributed by atoms with Crippen LogP contribution in [0.5, 0.6) is 11.5 Å². The largest absolute Gasteiger partial charge is 0.493 e. The molecule has 1 rings (SSSR count). The van der Waals surface area contributed by atoms with Crippen molar-refractivity contribution in [1.29, 1.82) is 0 Å². The number of methoxy groups -OCH3 is 2. The molecule has 1 atom stereocenters. The molecule has 1 N–H and O–H groups in total. The van der Waals surface area contributed by atoms with E-state index in [9.17, 15) is 0 Å². The summed E-state index contributed by atoms with van der Waals surface area (Å²) in [5.41, 5.74) is 1.15. The molecule has 100 valence electrons. The molecule has 0 heterocycles. The SMILES string of the molecule is C=CCC(C)NCc1cc(Br)c(OC)c(OC)c1. The molecule has 0 amide bonds. The molecule has 0 radical (unpaired) electrons. The van der Waals surface area contributed by atoms with Gasteiger partial charge in [0.05, 0.1) is 18.7 Å². The Bertz CT molecular complexity index is 407. The van der Waals surface area contributed by atoms with Gasteiger partial charge in [-0.1, -0.05) is 6.08 Å². The van der Waals surface area contributed by atoms with Crippen LogP contribution in [0.2, 0.25) is 0 Å². The Balaban J connectivity index is 2.78. The summed E-state index contributed by atoms with van der Waals surface area (Å²) < 4.78 is 11.5. The molecule has 4 heteroatoms. The van der Waals surface area contributed by atoms with Gasteiger partial charge in [0.1, 0.15) is 0 Å². The van der Waals surface area contributed by atoms with E-state index >= 15 is 0 Å². The van der Waals surface area contributed by atoms with Crippen LogP contribution in [0.15, 0.2) is 29.3 Å². The maximum atomic E-state index is 5.31. The Labute approximate surface area is 117 Å². The number of hydrogen-bond donors (Lipinski definition) is 1. The summed E-state index contributed by atoms with van der Waals surface area (Å²) in [6.07, 6.45) is 2.87. The molecule has 1 aromatic carbocycles. The second-order valence-electron chi connectivity index (χ2n) is 4.12. The van der Waals surface area contributed by atoms with E-state index in [-0.39, 0.29) is 0 Å². The normalized spacial score (nSPS) is 12.0. The minimum Gasteiger partial charge on any atom is -0.493 e. The monoisotopic (exact) mass is 313 g/mol. The lowest BCUT2D eigenvalue weighted by atomic mass is 10.1. The highest BCUT2D eigenvalue weighted by Gasteiger charge is 2.10. The van der Waals surface area contributed by atoms with E-state index in [0.717, 1.165) is 34.5 Å². The van der Waals surface area contributed by atoms with Gasteiger partial charge in [-0.2, -0.15) is 0 Å². The second kappa shape index (κ2) is 7.44. The quantitative estimate of drug-likeness (QED) is 0.781. The lowest BCUT2D eigenvalue weighted by Crippen LogP contribution is -2.24. The van der Waals surface area contributed by atoms with E-state index < -0.39 is 0 Å². The molecule has 18 heavy (non-hydrogen) atoms. The van der Waals surface area contributed by atoms with E-state index in [4.69, 9.17) is 9.47 Å². The van der Waals surface area contributed by atoms with Gasteiger partial charge in [0.2, 0.25) is 0 Å². The molecule has 0 aromatic heterocycles. The molecule has 0 aliphatic heterocycles. The summed E-state index contributed by atoms with van der Waals surface area (Å²) in [6.45, 7) is 6.66. The van der Waals surface area contributed by atoms with Crippen molar-refractivity contribution in [3.8, 4) is 11.5 Å². The van der Waals surface area contributed by atoms with Crippen LogP contribution < -0.4 is 14.8 Å². The molecule has 0 saturated carbocycles. The second-order valence-corrected chi connectivity index (χ2v) is 4.97. The van der Waals surface area contributed by atoms with E-state index in [1.807, 2.05) is 18.2 Å². The third kappa shape index (κ3) is 4.03. The fraction of sp³-hybridized carbons (Fsp3) is 0.429. The minimum atomic E-state index is 0.411. The maximum absolute atomic E-state index is 5.31. The first-order chi connectivity index (χ1) is 8.62. The van der Waals surface area contributed by atoms with Gasteiger partial charge >= 0.3 is 0 Å². The zero-order valence-corrected chi connectivity index (χ0v) is 12.7. The van der Waals surface area contributed by atoms with Crippen molar-refractivity contribution in [2.75, 3.05) is 14.2 Å². The number of rotatable bonds is 7. The molecule has 0 aliphatic carbocycles. The first-order valence-electron chi connectivity index (χ1n) is 5.87. The molecule has 0 spiro atoms. The van der Waals surface area contributed by atoms with Gasteiger partial charge in [-0.05, 0) is 47.0 Å². The van der Waals surface area contributed by atoms with Crippen molar-refractivity contribution < 1.29 is 9.47 Å². The van der Waals surface area contributed by atoms with Gasteiger partial charge in [-0.25, -0.2) is 0 Å². The van der Waals surface area contributed by atoms with E-state index in [2.05, 4.69) is 34.7 Å². The van der Waals surface area contributed by atoms with Gasteiger partial charge in [-0.15, -0.1) is 6.58 Å². The fourth-order valence-corrected chi connectivity index (χ4v) is 2.35. The summed E-state index contributed by atoms with van der Waals surface area (Å²) in [5, 5.41) is 3.43. The van der Waals surface area contributed by atoms with Crippen LogP contribution in [0, 0.1) is 0 Å². The summed E-state index contributed by atoms with van der Waals surface area (Å²) >= 11 is 3.49. The smallest absolute Gasteiger partial charge is 0.174 e. The topological polar surface area (TPSA) is 30.5 Å². The number of nitrogens with one attached hydrogen (secondary N) is 1. The molecule has 0 fully saturated rings. The van der Waals surface area contributed by atoms with Crippen molar-refractivity contribution in [2.24, 2.45) is 0 Å². The highest BCUT2D eigenvalue weighted by molar-refractivity contribution is 9.10. The van der Waals surface area contributed by atoms with Crippen LogP contribution in [-0.2, 0) is 6.54 Å².